The van der Waals surface area contributed by atoms with Crippen molar-refractivity contribution in [3.8, 4) is 0 Å². The van der Waals surface area contributed by atoms with Crippen molar-refractivity contribution in [2.24, 2.45) is 0 Å². The fourth-order valence-corrected chi connectivity index (χ4v) is 3.83. The number of rotatable bonds is 1. The van der Waals surface area contributed by atoms with Gasteiger partial charge in [0, 0.05) is 31.7 Å². The number of hydrogen-bond donors (Lipinski definition) is 1. The van der Waals surface area contributed by atoms with Crippen molar-refractivity contribution in [2.75, 3.05) is 26.2 Å². The minimum Gasteiger partial charge on any atom is -0.391 e. The Labute approximate surface area is 98.4 Å². The lowest BCUT2D eigenvalue weighted by Crippen LogP contribution is -2.58. The average molecular weight is 224 g/mol. The number of fused-ring (bicyclic) bond motifs is 1. The summed E-state index contributed by atoms with van der Waals surface area (Å²) in [4.78, 5) is 5.24. The summed E-state index contributed by atoms with van der Waals surface area (Å²) in [5.74, 6) is 0. The lowest BCUT2D eigenvalue weighted by molar-refractivity contribution is -0.00354. The third-order valence-corrected chi connectivity index (χ3v) is 4.78. The molecule has 1 aliphatic carbocycles. The van der Waals surface area contributed by atoms with E-state index in [-0.39, 0.29) is 6.10 Å². The van der Waals surface area contributed by atoms with Gasteiger partial charge in [-0.05, 0) is 38.6 Å². The molecular formula is C13H24N2O. The van der Waals surface area contributed by atoms with Crippen LogP contribution in [0.5, 0.6) is 0 Å². The van der Waals surface area contributed by atoms with Crippen LogP contribution in [0.25, 0.3) is 0 Å². The van der Waals surface area contributed by atoms with Gasteiger partial charge in [-0.15, -0.1) is 0 Å². The molecule has 3 heteroatoms. The summed E-state index contributed by atoms with van der Waals surface area (Å²) >= 11 is 0. The zero-order chi connectivity index (χ0) is 11.0. The maximum atomic E-state index is 9.98. The van der Waals surface area contributed by atoms with Crippen molar-refractivity contribution in [3.63, 3.8) is 0 Å². The first kappa shape index (κ1) is 11.0. The monoisotopic (exact) mass is 224 g/mol. The van der Waals surface area contributed by atoms with Crippen LogP contribution in [0, 0.1) is 0 Å². The van der Waals surface area contributed by atoms with E-state index in [9.17, 15) is 5.11 Å². The normalized spacial score (nSPS) is 42.2. The molecule has 1 N–H and O–H groups in total. The molecule has 0 spiro atoms. The number of piperazine rings is 1. The highest BCUT2D eigenvalue weighted by Gasteiger charge is 2.36. The van der Waals surface area contributed by atoms with E-state index in [0.29, 0.717) is 6.04 Å². The Morgan fingerprint density at radius 2 is 1.69 bits per heavy atom. The molecule has 2 heterocycles. The summed E-state index contributed by atoms with van der Waals surface area (Å²) in [6.45, 7) is 4.93. The highest BCUT2D eigenvalue weighted by molar-refractivity contribution is 4.92. The summed E-state index contributed by atoms with van der Waals surface area (Å²) < 4.78 is 0. The quantitative estimate of drug-likeness (QED) is 0.722. The second-order valence-corrected chi connectivity index (χ2v) is 5.75. The minimum atomic E-state index is -0.0462. The van der Waals surface area contributed by atoms with Gasteiger partial charge in [0.05, 0.1) is 6.10 Å². The summed E-state index contributed by atoms with van der Waals surface area (Å²) in [7, 11) is 0. The minimum absolute atomic E-state index is 0.0462. The molecule has 92 valence electrons. The van der Waals surface area contributed by atoms with Gasteiger partial charge in [-0.1, -0.05) is 6.42 Å². The number of aliphatic hydroxyl groups is 1. The van der Waals surface area contributed by atoms with Crippen molar-refractivity contribution in [2.45, 2.75) is 56.7 Å². The van der Waals surface area contributed by atoms with E-state index in [0.717, 1.165) is 12.5 Å². The largest absolute Gasteiger partial charge is 0.391 e. The molecule has 0 aromatic carbocycles. The zero-order valence-corrected chi connectivity index (χ0v) is 10.1. The predicted molar refractivity (Wildman–Crippen MR) is 64.4 cm³/mol. The van der Waals surface area contributed by atoms with Crippen LogP contribution in [-0.2, 0) is 0 Å². The Kier molecular flexibility index (Phi) is 3.18. The molecule has 3 fully saturated rings. The Hall–Kier alpha value is -0.120. The number of nitrogens with zero attached hydrogens (tertiary/aromatic N) is 2. The third kappa shape index (κ3) is 2.01. The Bertz CT molecular complexity index is 246. The lowest BCUT2D eigenvalue weighted by Gasteiger charge is -2.46. The lowest BCUT2D eigenvalue weighted by atomic mass is 9.98. The molecule has 0 aromatic rings. The van der Waals surface area contributed by atoms with Crippen LogP contribution < -0.4 is 0 Å². The summed E-state index contributed by atoms with van der Waals surface area (Å²) in [6.07, 6.45) is 7.58. The van der Waals surface area contributed by atoms with Gasteiger partial charge in [-0.25, -0.2) is 0 Å². The molecule has 3 atom stereocenters. The van der Waals surface area contributed by atoms with Gasteiger partial charge in [0.15, 0.2) is 0 Å². The third-order valence-electron chi connectivity index (χ3n) is 4.78. The first-order valence-corrected chi connectivity index (χ1v) is 7.01. The summed E-state index contributed by atoms with van der Waals surface area (Å²) in [5.41, 5.74) is 0. The Morgan fingerprint density at radius 3 is 2.50 bits per heavy atom. The fourth-order valence-electron chi connectivity index (χ4n) is 3.83. The van der Waals surface area contributed by atoms with Crippen LogP contribution in [0.3, 0.4) is 0 Å². The number of hydrogen-bond acceptors (Lipinski definition) is 3. The van der Waals surface area contributed by atoms with Crippen LogP contribution in [0.4, 0.5) is 0 Å². The van der Waals surface area contributed by atoms with E-state index in [2.05, 4.69) is 9.80 Å². The van der Waals surface area contributed by atoms with E-state index in [1.807, 2.05) is 0 Å². The SMILES string of the molecule is O[C@H]1CCC[C@@H]1N1CCN2CCCCC2C1. The first-order chi connectivity index (χ1) is 7.84. The van der Waals surface area contributed by atoms with E-state index >= 15 is 0 Å². The molecule has 2 aliphatic heterocycles. The average Bonchev–Trinajstić information content (AvgIpc) is 2.75. The zero-order valence-electron chi connectivity index (χ0n) is 10.1. The number of aliphatic hydroxyl groups excluding tert-OH is 1. The van der Waals surface area contributed by atoms with Gasteiger partial charge in [-0.3, -0.25) is 9.80 Å². The van der Waals surface area contributed by atoms with Crippen LogP contribution in [0.1, 0.15) is 38.5 Å². The topological polar surface area (TPSA) is 26.7 Å². The second-order valence-electron chi connectivity index (χ2n) is 5.75. The number of piperidine rings is 1. The van der Waals surface area contributed by atoms with Gasteiger partial charge in [0.1, 0.15) is 0 Å². The van der Waals surface area contributed by atoms with Crippen LogP contribution in [-0.4, -0.2) is 59.3 Å². The van der Waals surface area contributed by atoms with E-state index in [4.69, 9.17) is 0 Å². The smallest absolute Gasteiger partial charge is 0.0695 e. The highest BCUT2D eigenvalue weighted by Crippen LogP contribution is 2.28. The molecule has 0 aromatic heterocycles. The van der Waals surface area contributed by atoms with Crippen molar-refractivity contribution in [1.82, 2.24) is 9.80 Å². The molecule has 1 unspecified atom stereocenters. The van der Waals surface area contributed by atoms with Crippen LogP contribution in [0.15, 0.2) is 0 Å². The fraction of sp³-hybridized carbons (Fsp3) is 1.00. The van der Waals surface area contributed by atoms with Gasteiger partial charge < -0.3 is 5.11 Å². The Balaban J connectivity index is 1.61. The van der Waals surface area contributed by atoms with Crippen molar-refractivity contribution in [1.29, 1.82) is 0 Å². The first-order valence-electron chi connectivity index (χ1n) is 7.01. The molecule has 0 bridgehead atoms. The van der Waals surface area contributed by atoms with Gasteiger partial charge in [-0.2, -0.15) is 0 Å². The van der Waals surface area contributed by atoms with Crippen LogP contribution in [0.2, 0.25) is 0 Å². The molecule has 3 aliphatic rings. The maximum Gasteiger partial charge on any atom is 0.0695 e. The predicted octanol–water partition coefficient (Wildman–Crippen LogP) is 1.07. The maximum absolute atomic E-state index is 9.98. The molecule has 2 saturated heterocycles. The molecule has 1 saturated carbocycles. The van der Waals surface area contributed by atoms with Gasteiger partial charge in [0.2, 0.25) is 0 Å². The standard InChI is InChI=1S/C13H24N2O/c16-13-6-3-5-12(13)15-9-8-14-7-2-1-4-11(14)10-15/h11-13,16H,1-10H2/t11?,12-,13-/m0/s1. The van der Waals surface area contributed by atoms with Gasteiger partial charge in [0.25, 0.3) is 0 Å². The van der Waals surface area contributed by atoms with E-state index in [1.54, 1.807) is 0 Å². The summed E-state index contributed by atoms with van der Waals surface area (Å²) in [6, 6.07) is 1.26. The molecule has 16 heavy (non-hydrogen) atoms. The second kappa shape index (κ2) is 4.63. The molecular weight excluding hydrogens is 200 g/mol. The highest BCUT2D eigenvalue weighted by atomic mass is 16.3. The van der Waals surface area contributed by atoms with Crippen LogP contribution >= 0.6 is 0 Å². The molecule has 3 rings (SSSR count). The summed E-state index contributed by atoms with van der Waals surface area (Å²) in [5, 5.41) is 9.98. The van der Waals surface area contributed by atoms with Crippen molar-refractivity contribution in [3.05, 3.63) is 0 Å². The Morgan fingerprint density at radius 1 is 0.812 bits per heavy atom. The molecule has 0 amide bonds. The van der Waals surface area contributed by atoms with E-state index in [1.165, 1.54) is 58.3 Å². The van der Waals surface area contributed by atoms with Crippen molar-refractivity contribution >= 4 is 0 Å². The van der Waals surface area contributed by atoms with E-state index < -0.39 is 0 Å². The van der Waals surface area contributed by atoms with Crippen molar-refractivity contribution < 1.29 is 5.11 Å². The molecule has 0 radical (unpaired) electrons. The molecule has 3 nitrogen and oxygen atoms in total. The van der Waals surface area contributed by atoms with Gasteiger partial charge >= 0.3 is 0 Å².